The number of halogens is 1. The summed E-state index contributed by atoms with van der Waals surface area (Å²) in [6.07, 6.45) is 0. The largest absolute Gasteiger partial charge is 0.497 e. The van der Waals surface area contributed by atoms with Gasteiger partial charge in [-0.2, -0.15) is 0 Å². The van der Waals surface area contributed by atoms with Gasteiger partial charge in [0.25, 0.3) is 5.91 Å². The first-order valence-corrected chi connectivity index (χ1v) is 11.1. The monoisotopic (exact) mass is 488 g/mol. The van der Waals surface area contributed by atoms with Crippen LogP contribution in [0.3, 0.4) is 0 Å². The van der Waals surface area contributed by atoms with Crippen LogP contribution in [0, 0.1) is 6.92 Å². The lowest BCUT2D eigenvalue weighted by Crippen LogP contribution is -2.22. The molecule has 0 atom stereocenters. The third-order valence-corrected chi connectivity index (χ3v) is 6.13. The molecule has 2 aromatic heterocycles. The van der Waals surface area contributed by atoms with E-state index in [1.54, 1.807) is 26.2 Å². The molecule has 0 saturated heterocycles. The van der Waals surface area contributed by atoms with Crippen LogP contribution in [0.4, 0.5) is 11.6 Å². The van der Waals surface area contributed by atoms with E-state index < -0.39 is 11.5 Å². The molecule has 35 heavy (non-hydrogen) atoms. The number of fused-ring (bicyclic) bond motifs is 2. The molecule has 0 aliphatic rings. The van der Waals surface area contributed by atoms with E-state index in [4.69, 9.17) is 31.5 Å². The van der Waals surface area contributed by atoms with Gasteiger partial charge in [-0.15, -0.1) is 0 Å². The van der Waals surface area contributed by atoms with Crippen LogP contribution in [-0.2, 0) is 6.54 Å². The molecular weight excluding hydrogens is 468 g/mol. The van der Waals surface area contributed by atoms with Crippen LogP contribution in [0.5, 0.6) is 5.75 Å². The number of hydrogen-bond donors (Lipinski definition) is 2. The Hall–Kier alpha value is -4.30. The van der Waals surface area contributed by atoms with Gasteiger partial charge in [-0.1, -0.05) is 23.7 Å². The van der Waals surface area contributed by atoms with Crippen molar-refractivity contribution in [2.45, 2.75) is 13.5 Å². The van der Waals surface area contributed by atoms with E-state index in [1.807, 2.05) is 53.1 Å². The maximum Gasteiger partial charge on any atom is 0.349 e. The van der Waals surface area contributed by atoms with Crippen molar-refractivity contribution in [3.63, 3.8) is 0 Å². The van der Waals surface area contributed by atoms with Gasteiger partial charge < -0.3 is 24.8 Å². The number of anilines is 2. The number of aromatic nitrogens is 2. The van der Waals surface area contributed by atoms with E-state index in [2.05, 4.69) is 5.32 Å². The van der Waals surface area contributed by atoms with E-state index >= 15 is 0 Å². The molecular formula is C26H21ClN4O4. The second-order valence-corrected chi connectivity index (χ2v) is 8.53. The van der Waals surface area contributed by atoms with Crippen LogP contribution >= 0.6 is 11.6 Å². The summed E-state index contributed by atoms with van der Waals surface area (Å²) in [5, 5.41) is 4.60. The molecule has 3 aromatic carbocycles. The number of rotatable bonds is 6. The number of hydrogen-bond acceptors (Lipinski definition) is 6. The molecule has 0 spiro atoms. The fraction of sp³-hybridized carbons (Fsp3) is 0.115. The number of carbonyl (C=O) groups is 1. The fourth-order valence-electron chi connectivity index (χ4n) is 4.08. The maximum absolute atomic E-state index is 12.4. The van der Waals surface area contributed by atoms with Crippen molar-refractivity contribution in [1.29, 1.82) is 0 Å². The SMILES string of the molecule is COc1ccc(Nc2nc3cc4c(C)c(C(N)=O)c(=O)oc4cc3n2Cc2ccc(Cl)cc2)cc1. The number of nitrogens with zero attached hydrogens (tertiary/aromatic N) is 2. The number of imidazole rings is 1. The first-order chi connectivity index (χ1) is 16.8. The molecule has 0 radical (unpaired) electrons. The number of nitrogens with two attached hydrogens (primary N) is 1. The molecule has 3 N–H and O–H groups in total. The molecule has 9 heteroatoms. The quantitative estimate of drug-likeness (QED) is 0.325. The van der Waals surface area contributed by atoms with Crippen LogP contribution in [-0.4, -0.2) is 22.6 Å². The van der Waals surface area contributed by atoms with Crippen molar-refractivity contribution in [2.75, 3.05) is 12.4 Å². The summed E-state index contributed by atoms with van der Waals surface area (Å²) in [7, 11) is 1.61. The zero-order valence-electron chi connectivity index (χ0n) is 19.0. The summed E-state index contributed by atoms with van der Waals surface area (Å²) in [5.74, 6) is 0.506. The van der Waals surface area contributed by atoms with Crippen LogP contribution in [0.15, 0.2) is 69.9 Å². The average molecular weight is 489 g/mol. The first kappa shape index (κ1) is 22.5. The van der Waals surface area contributed by atoms with Crippen molar-refractivity contribution in [3.05, 3.63) is 92.8 Å². The number of carbonyl (C=O) groups excluding carboxylic acids is 1. The Morgan fingerprint density at radius 2 is 1.86 bits per heavy atom. The van der Waals surface area contributed by atoms with Crippen LogP contribution in [0.25, 0.3) is 22.0 Å². The van der Waals surface area contributed by atoms with Gasteiger partial charge in [0.05, 0.1) is 24.7 Å². The summed E-state index contributed by atoms with van der Waals surface area (Å²) >= 11 is 6.07. The van der Waals surface area contributed by atoms with Gasteiger partial charge in [0.15, 0.2) is 0 Å². The van der Waals surface area contributed by atoms with E-state index in [1.165, 1.54) is 0 Å². The zero-order valence-corrected chi connectivity index (χ0v) is 19.7. The summed E-state index contributed by atoms with van der Waals surface area (Å²) < 4.78 is 12.7. The standard InChI is InChI=1S/C26H21ClN4O4/c1-14-19-11-20-21(12-22(19)35-25(33)23(14)24(28)32)31(13-15-3-5-16(27)6-4-15)26(30-20)29-17-7-9-18(34-2)10-8-17/h3-12H,13H2,1-2H3,(H2,28,32)(H,29,30). The Balaban J connectivity index is 1.70. The molecule has 176 valence electrons. The van der Waals surface area contributed by atoms with Crippen molar-refractivity contribution >= 4 is 51.1 Å². The minimum Gasteiger partial charge on any atom is -0.497 e. The lowest BCUT2D eigenvalue weighted by molar-refractivity contribution is 0.0996. The molecule has 0 bridgehead atoms. The Morgan fingerprint density at radius 3 is 2.51 bits per heavy atom. The van der Waals surface area contributed by atoms with Crippen LogP contribution in [0.1, 0.15) is 21.5 Å². The minimum absolute atomic E-state index is 0.158. The van der Waals surface area contributed by atoms with Gasteiger partial charge in [0, 0.05) is 22.2 Å². The lowest BCUT2D eigenvalue weighted by Gasteiger charge is -2.12. The van der Waals surface area contributed by atoms with Crippen molar-refractivity contribution < 1.29 is 13.9 Å². The lowest BCUT2D eigenvalue weighted by atomic mass is 10.1. The number of ether oxygens (including phenoxy) is 1. The summed E-state index contributed by atoms with van der Waals surface area (Å²) in [5.41, 5.74) is 8.53. The Kier molecular flexibility index (Phi) is 5.66. The highest BCUT2D eigenvalue weighted by Gasteiger charge is 2.19. The van der Waals surface area contributed by atoms with Crippen molar-refractivity contribution in [2.24, 2.45) is 5.73 Å². The third kappa shape index (κ3) is 4.20. The zero-order chi connectivity index (χ0) is 24.7. The molecule has 0 aliphatic heterocycles. The normalized spacial score (nSPS) is 11.2. The molecule has 0 aliphatic carbocycles. The van der Waals surface area contributed by atoms with Gasteiger partial charge in [-0.05, 0) is 60.5 Å². The number of amides is 1. The van der Waals surface area contributed by atoms with Gasteiger partial charge in [-0.3, -0.25) is 4.79 Å². The number of nitrogens with one attached hydrogen (secondary N) is 1. The van der Waals surface area contributed by atoms with Crippen molar-refractivity contribution in [3.8, 4) is 5.75 Å². The smallest absolute Gasteiger partial charge is 0.349 e. The number of methoxy groups -OCH3 is 1. The summed E-state index contributed by atoms with van der Waals surface area (Å²) in [4.78, 5) is 29.0. The van der Waals surface area contributed by atoms with Gasteiger partial charge in [0.2, 0.25) is 5.95 Å². The highest BCUT2D eigenvalue weighted by Crippen LogP contribution is 2.30. The van der Waals surface area contributed by atoms with E-state index in [9.17, 15) is 9.59 Å². The summed E-state index contributed by atoms with van der Waals surface area (Å²) in [6, 6.07) is 18.6. The van der Waals surface area contributed by atoms with E-state index in [-0.39, 0.29) is 5.56 Å². The first-order valence-electron chi connectivity index (χ1n) is 10.8. The maximum atomic E-state index is 12.4. The number of benzene rings is 3. The molecule has 0 saturated carbocycles. The van der Waals surface area contributed by atoms with Gasteiger partial charge in [-0.25, -0.2) is 9.78 Å². The molecule has 1 amide bonds. The number of aryl methyl sites for hydroxylation is 1. The molecule has 5 aromatic rings. The van der Waals surface area contributed by atoms with Crippen molar-refractivity contribution in [1.82, 2.24) is 9.55 Å². The highest BCUT2D eigenvalue weighted by atomic mass is 35.5. The Bertz CT molecular complexity index is 1640. The molecule has 2 heterocycles. The third-order valence-electron chi connectivity index (χ3n) is 5.88. The molecule has 0 unspecified atom stereocenters. The topological polar surface area (TPSA) is 112 Å². The fourth-order valence-corrected chi connectivity index (χ4v) is 4.21. The molecule has 0 fully saturated rings. The predicted molar refractivity (Wildman–Crippen MR) is 136 cm³/mol. The van der Waals surface area contributed by atoms with Crippen LogP contribution in [0.2, 0.25) is 5.02 Å². The Labute approximate surface area is 204 Å². The molecule has 8 nitrogen and oxygen atoms in total. The average Bonchev–Trinajstić information content (AvgIpc) is 3.15. The van der Waals surface area contributed by atoms with Gasteiger partial charge in [0.1, 0.15) is 16.9 Å². The molecule has 5 rings (SSSR count). The highest BCUT2D eigenvalue weighted by molar-refractivity contribution is 6.30. The predicted octanol–water partition coefficient (Wildman–Crippen LogP) is 5.00. The van der Waals surface area contributed by atoms with Crippen LogP contribution < -0.4 is 21.4 Å². The second kappa shape index (κ2) is 8.81. The second-order valence-electron chi connectivity index (χ2n) is 8.09. The summed E-state index contributed by atoms with van der Waals surface area (Å²) in [6.45, 7) is 2.16. The minimum atomic E-state index is -0.826. The van der Waals surface area contributed by atoms with E-state index in [0.29, 0.717) is 39.6 Å². The Morgan fingerprint density at radius 1 is 1.14 bits per heavy atom. The van der Waals surface area contributed by atoms with E-state index in [0.717, 1.165) is 22.5 Å². The number of primary amides is 1. The van der Waals surface area contributed by atoms with Gasteiger partial charge >= 0.3 is 5.63 Å².